The first-order valence-corrected chi connectivity index (χ1v) is 9.94. The molecule has 0 heterocycles. The maximum absolute atomic E-state index is 12.0. The Kier molecular flexibility index (Phi) is 8.97. The maximum atomic E-state index is 12.0. The molecule has 0 aliphatic carbocycles. The molecule has 0 saturated heterocycles. The summed E-state index contributed by atoms with van der Waals surface area (Å²) in [5.41, 5.74) is 1.26. The van der Waals surface area contributed by atoms with Gasteiger partial charge in [0.15, 0.2) is 0 Å². The van der Waals surface area contributed by atoms with E-state index in [1.54, 1.807) is 36.4 Å². The quantitative estimate of drug-likeness (QED) is 0.546. The maximum Gasteiger partial charge on any atom is 0.251 e. The van der Waals surface area contributed by atoms with Crippen LogP contribution in [0.3, 0.4) is 0 Å². The molecular weight excluding hydrogens is 422 g/mol. The van der Waals surface area contributed by atoms with E-state index in [2.05, 4.69) is 31.5 Å². The zero-order valence-electron chi connectivity index (χ0n) is 16.2. The van der Waals surface area contributed by atoms with E-state index in [0.717, 1.165) is 23.2 Å². The third-order valence-electron chi connectivity index (χ3n) is 3.90. The number of rotatable bonds is 10. The van der Waals surface area contributed by atoms with Crippen LogP contribution in [-0.2, 0) is 4.79 Å². The Morgan fingerprint density at radius 1 is 1.04 bits per heavy atom. The van der Waals surface area contributed by atoms with E-state index in [1.165, 1.54) is 0 Å². The van der Waals surface area contributed by atoms with Gasteiger partial charge in [-0.3, -0.25) is 9.59 Å². The third kappa shape index (κ3) is 8.10. The highest BCUT2D eigenvalue weighted by Crippen LogP contribution is 2.16. The standard InChI is InChI=1S/C21H26BrN3O3/c1-25(2)14-3-15-28-19-10-8-18(9-11-19)24-20(26)12-13-23-21(27)16-4-6-17(22)7-5-16/h4-11H,3,12-15H2,1-2H3,(H,23,27)(H,24,26). The second-order valence-corrected chi connectivity index (χ2v) is 7.51. The molecule has 2 rings (SSSR count). The zero-order valence-corrected chi connectivity index (χ0v) is 17.8. The number of nitrogens with one attached hydrogen (secondary N) is 2. The van der Waals surface area contributed by atoms with E-state index in [0.29, 0.717) is 17.9 Å². The van der Waals surface area contributed by atoms with Crippen molar-refractivity contribution in [3.63, 3.8) is 0 Å². The van der Waals surface area contributed by atoms with Crippen LogP contribution in [0.1, 0.15) is 23.2 Å². The molecule has 0 saturated carbocycles. The lowest BCUT2D eigenvalue weighted by molar-refractivity contribution is -0.116. The molecule has 2 amide bonds. The van der Waals surface area contributed by atoms with Gasteiger partial charge in [-0.25, -0.2) is 0 Å². The molecule has 6 nitrogen and oxygen atoms in total. The van der Waals surface area contributed by atoms with Crippen molar-refractivity contribution in [2.24, 2.45) is 0 Å². The number of carbonyl (C=O) groups is 2. The summed E-state index contributed by atoms with van der Waals surface area (Å²) in [6.07, 6.45) is 1.16. The first-order chi connectivity index (χ1) is 13.4. The predicted molar refractivity (Wildman–Crippen MR) is 115 cm³/mol. The van der Waals surface area contributed by atoms with E-state index in [1.807, 2.05) is 26.2 Å². The minimum atomic E-state index is -0.198. The molecule has 0 radical (unpaired) electrons. The van der Waals surface area contributed by atoms with Gasteiger partial charge in [-0.2, -0.15) is 0 Å². The van der Waals surface area contributed by atoms with Gasteiger partial charge in [0, 0.05) is 35.2 Å². The van der Waals surface area contributed by atoms with Crippen molar-refractivity contribution in [2.45, 2.75) is 12.8 Å². The second kappa shape index (κ2) is 11.5. The van der Waals surface area contributed by atoms with E-state index in [-0.39, 0.29) is 24.8 Å². The van der Waals surface area contributed by atoms with Crippen LogP contribution >= 0.6 is 15.9 Å². The molecule has 0 aliphatic heterocycles. The third-order valence-corrected chi connectivity index (χ3v) is 4.43. The molecule has 0 fully saturated rings. The molecule has 2 aromatic carbocycles. The number of halogens is 1. The van der Waals surface area contributed by atoms with Crippen molar-refractivity contribution >= 4 is 33.4 Å². The molecule has 0 spiro atoms. The van der Waals surface area contributed by atoms with Gasteiger partial charge in [0.25, 0.3) is 5.91 Å². The van der Waals surface area contributed by atoms with Crippen LogP contribution in [0.2, 0.25) is 0 Å². The summed E-state index contributed by atoms with van der Waals surface area (Å²) in [5, 5.41) is 5.56. The Hall–Kier alpha value is -2.38. The molecule has 0 bridgehead atoms. The molecule has 0 aromatic heterocycles. The number of hydrogen-bond acceptors (Lipinski definition) is 4. The molecule has 2 aromatic rings. The Morgan fingerprint density at radius 2 is 1.71 bits per heavy atom. The molecule has 7 heteroatoms. The molecule has 28 heavy (non-hydrogen) atoms. The highest BCUT2D eigenvalue weighted by molar-refractivity contribution is 9.10. The van der Waals surface area contributed by atoms with Gasteiger partial charge < -0.3 is 20.3 Å². The number of nitrogens with zero attached hydrogens (tertiary/aromatic N) is 1. The largest absolute Gasteiger partial charge is 0.494 e. The number of hydrogen-bond donors (Lipinski definition) is 2. The van der Waals surface area contributed by atoms with Gasteiger partial charge in [0.2, 0.25) is 5.91 Å². The fourth-order valence-corrected chi connectivity index (χ4v) is 2.69. The van der Waals surface area contributed by atoms with Gasteiger partial charge in [0.05, 0.1) is 6.61 Å². The van der Waals surface area contributed by atoms with Crippen molar-refractivity contribution in [3.05, 3.63) is 58.6 Å². The first kappa shape index (κ1) is 21.9. The Morgan fingerprint density at radius 3 is 2.36 bits per heavy atom. The number of anilines is 1. The molecule has 0 unspecified atom stereocenters. The fourth-order valence-electron chi connectivity index (χ4n) is 2.42. The molecular formula is C21H26BrN3O3. The number of amides is 2. The van der Waals surface area contributed by atoms with E-state index < -0.39 is 0 Å². The normalized spacial score (nSPS) is 10.6. The smallest absolute Gasteiger partial charge is 0.251 e. The summed E-state index contributed by atoms with van der Waals surface area (Å²) < 4.78 is 6.58. The second-order valence-electron chi connectivity index (χ2n) is 6.59. The minimum Gasteiger partial charge on any atom is -0.494 e. The topological polar surface area (TPSA) is 70.7 Å². The van der Waals surface area contributed by atoms with E-state index in [9.17, 15) is 9.59 Å². The summed E-state index contributed by atoms with van der Waals surface area (Å²) in [6, 6.07) is 14.3. The van der Waals surface area contributed by atoms with Crippen LogP contribution in [0.4, 0.5) is 5.69 Å². The lowest BCUT2D eigenvalue weighted by atomic mass is 10.2. The van der Waals surface area contributed by atoms with Crippen LogP contribution in [0.25, 0.3) is 0 Å². The van der Waals surface area contributed by atoms with Crippen molar-refractivity contribution in [1.29, 1.82) is 0 Å². The zero-order chi connectivity index (χ0) is 20.4. The Labute approximate surface area is 174 Å². The van der Waals surface area contributed by atoms with E-state index >= 15 is 0 Å². The first-order valence-electron chi connectivity index (χ1n) is 9.15. The van der Waals surface area contributed by atoms with Gasteiger partial charge in [-0.1, -0.05) is 15.9 Å². The summed E-state index contributed by atoms with van der Waals surface area (Å²) >= 11 is 3.33. The highest BCUT2D eigenvalue weighted by atomic mass is 79.9. The average Bonchev–Trinajstić information content (AvgIpc) is 2.67. The van der Waals surface area contributed by atoms with E-state index in [4.69, 9.17) is 4.74 Å². The van der Waals surface area contributed by atoms with Crippen molar-refractivity contribution in [3.8, 4) is 5.75 Å². The van der Waals surface area contributed by atoms with Gasteiger partial charge >= 0.3 is 0 Å². The molecule has 150 valence electrons. The highest BCUT2D eigenvalue weighted by Gasteiger charge is 2.07. The van der Waals surface area contributed by atoms with Gasteiger partial charge in [0.1, 0.15) is 5.75 Å². The number of benzene rings is 2. The predicted octanol–water partition coefficient (Wildman–Crippen LogP) is 3.54. The minimum absolute atomic E-state index is 0.157. The SMILES string of the molecule is CN(C)CCCOc1ccc(NC(=O)CCNC(=O)c2ccc(Br)cc2)cc1. The number of carbonyl (C=O) groups excluding carboxylic acids is 2. The Balaban J connectivity index is 1.68. The van der Waals surface area contributed by atoms with Gasteiger partial charge in [-0.05, 0) is 69.0 Å². The number of ether oxygens (including phenoxy) is 1. The van der Waals surface area contributed by atoms with Crippen molar-refractivity contribution in [2.75, 3.05) is 39.1 Å². The summed E-state index contributed by atoms with van der Waals surface area (Å²) in [6.45, 7) is 1.91. The van der Waals surface area contributed by atoms with Crippen molar-refractivity contribution < 1.29 is 14.3 Å². The molecule has 0 aliphatic rings. The molecule has 2 N–H and O–H groups in total. The van der Waals surface area contributed by atoms with Crippen LogP contribution in [0, 0.1) is 0 Å². The van der Waals surface area contributed by atoms with Crippen LogP contribution < -0.4 is 15.4 Å². The lowest BCUT2D eigenvalue weighted by Gasteiger charge is -2.11. The Bertz CT molecular complexity index is 761. The van der Waals surface area contributed by atoms with Crippen LogP contribution in [-0.4, -0.2) is 50.5 Å². The summed E-state index contributed by atoms with van der Waals surface area (Å²) in [7, 11) is 4.06. The lowest BCUT2D eigenvalue weighted by Crippen LogP contribution is -2.27. The van der Waals surface area contributed by atoms with Crippen LogP contribution in [0.15, 0.2) is 53.0 Å². The monoisotopic (exact) mass is 447 g/mol. The molecule has 0 atom stereocenters. The van der Waals surface area contributed by atoms with Gasteiger partial charge in [-0.15, -0.1) is 0 Å². The average molecular weight is 448 g/mol. The van der Waals surface area contributed by atoms with Crippen molar-refractivity contribution in [1.82, 2.24) is 10.2 Å². The summed E-state index contributed by atoms with van der Waals surface area (Å²) in [5.74, 6) is 0.422. The fraction of sp³-hybridized carbons (Fsp3) is 0.333. The summed E-state index contributed by atoms with van der Waals surface area (Å²) in [4.78, 5) is 26.1. The van der Waals surface area contributed by atoms with Crippen LogP contribution in [0.5, 0.6) is 5.75 Å².